The third kappa shape index (κ3) is 4.76. The average Bonchev–Trinajstić information content (AvgIpc) is 3.07. The van der Waals surface area contributed by atoms with Gasteiger partial charge in [0.1, 0.15) is 30.4 Å². The number of nitrogens with zero attached hydrogens (tertiary/aromatic N) is 5. The number of amides is 1. The highest BCUT2D eigenvalue weighted by atomic mass is 19.1. The summed E-state index contributed by atoms with van der Waals surface area (Å²) in [6.07, 6.45) is 1.68. The first-order valence-electron chi connectivity index (χ1n) is 8.41. The molecular weight excluding hydrogens is 325 g/mol. The van der Waals surface area contributed by atoms with Gasteiger partial charge < -0.3 is 14.5 Å². The molecule has 0 N–H and O–H groups in total. The molecular formula is C17H22FN5O2. The van der Waals surface area contributed by atoms with Crippen LogP contribution in [0.4, 0.5) is 4.39 Å². The fourth-order valence-corrected chi connectivity index (χ4v) is 2.75. The second-order valence-corrected chi connectivity index (χ2v) is 5.97. The van der Waals surface area contributed by atoms with Crippen LogP contribution >= 0.6 is 0 Å². The van der Waals surface area contributed by atoms with Crippen LogP contribution < -0.4 is 4.74 Å². The van der Waals surface area contributed by atoms with Crippen LogP contribution in [0.5, 0.6) is 5.75 Å². The summed E-state index contributed by atoms with van der Waals surface area (Å²) in [4.78, 5) is 16.5. The Hall–Kier alpha value is -2.48. The molecule has 0 aliphatic carbocycles. The Morgan fingerprint density at radius 2 is 2.08 bits per heavy atom. The van der Waals surface area contributed by atoms with E-state index in [1.165, 1.54) is 16.8 Å². The molecule has 25 heavy (non-hydrogen) atoms. The summed E-state index contributed by atoms with van der Waals surface area (Å²) in [5, 5.41) is 7.96. The van der Waals surface area contributed by atoms with E-state index in [1.54, 1.807) is 18.3 Å². The monoisotopic (exact) mass is 347 g/mol. The largest absolute Gasteiger partial charge is 0.487 e. The molecule has 2 aromatic rings. The lowest BCUT2D eigenvalue weighted by atomic mass is 10.3. The zero-order chi connectivity index (χ0) is 17.6. The number of aromatic nitrogens is 3. The van der Waals surface area contributed by atoms with E-state index < -0.39 is 0 Å². The maximum Gasteiger partial charge on any atom is 0.244 e. The highest BCUT2D eigenvalue weighted by Gasteiger charge is 2.20. The van der Waals surface area contributed by atoms with Crippen molar-refractivity contribution in [3.63, 3.8) is 0 Å². The molecule has 3 rings (SSSR count). The minimum absolute atomic E-state index is 0.0400. The van der Waals surface area contributed by atoms with Crippen molar-refractivity contribution < 1.29 is 13.9 Å². The molecule has 1 fully saturated rings. The van der Waals surface area contributed by atoms with Crippen molar-refractivity contribution in [1.82, 2.24) is 24.8 Å². The van der Waals surface area contributed by atoms with Crippen LogP contribution in [0.1, 0.15) is 12.6 Å². The number of piperazine rings is 1. The predicted octanol–water partition coefficient (Wildman–Crippen LogP) is 1.16. The molecule has 0 spiro atoms. The first-order chi connectivity index (χ1) is 12.1. The van der Waals surface area contributed by atoms with Crippen molar-refractivity contribution in [2.24, 2.45) is 0 Å². The third-order valence-corrected chi connectivity index (χ3v) is 4.24. The molecule has 0 atom stereocenters. The topological polar surface area (TPSA) is 63.5 Å². The van der Waals surface area contributed by atoms with E-state index in [-0.39, 0.29) is 24.9 Å². The molecule has 7 nitrogen and oxygen atoms in total. The van der Waals surface area contributed by atoms with E-state index in [1.807, 2.05) is 4.90 Å². The number of hydrogen-bond donors (Lipinski definition) is 0. The summed E-state index contributed by atoms with van der Waals surface area (Å²) >= 11 is 0. The first-order valence-corrected chi connectivity index (χ1v) is 8.41. The van der Waals surface area contributed by atoms with Gasteiger partial charge in [0, 0.05) is 32.2 Å². The zero-order valence-electron chi connectivity index (χ0n) is 14.3. The Labute approximate surface area is 146 Å². The minimum Gasteiger partial charge on any atom is -0.487 e. The third-order valence-electron chi connectivity index (χ3n) is 4.24. The number of hydrogen-bond acceptors (Lipinski definition) is 5. The first kappa shape index (κ1) is 17.3. The van der Waals surface area contributed by atoms with Crippen molar-refractivity contribution >= 4 is 5.91 Å². The summed E-state index contributed by atoms with van der Waals surface area (Å²) in [5.74, 6) is 0.118. The number of benzene rings is 1. The van der Waals surface area contributed by atoms with Crippen molar-refractivity contribution in [3.05, 3.63) is 42.0 Å². The van der Waals surface area contributed by atoms with Gasteiger partial charge in [-0.05, 0) is 18.7 Å². The van der Waals surface area contributed by atoms with E-state index in [2.05, 4.69) is 22.1 Å². The Morgan fingerprint density at radius 3 is 2.80 bits per heavy atom. The van der Waals surface area contributed by atoms with Gasteiger partial charge in [0.05, 0.1) is 6.20 Å². The van der Waals surface area contributed by atoms with Crippen molar-refractivity contribution in [2.75, 3.05) is 32.7 Å². The van der Waals surface area contributed by atoms with Gasteiger partial charge in [-0.2, -0.15) is 0 Å². The molecule has 1 saturated heterocycles. The number of halogens is 1. The van der Waals surface area contributed by atoms with Gasteiger partial charge >= 0.3 is 0 Å². The molecule has 134 valence electrons. The van der Waals surface area contributed by atoms with Crippen LogP contribution in [0, 0.1) is 5.82 Å². The van der Waals surface area contributed by atoms with Crippen LogP contribution in [0.3, 0.4) is 0 Å². The molecule has 0 radical (unpaired) electrons. The number of carbonyl (C=O) groups is 1. The van der Waals surface area contributed by atoms with Gasteiger partial charge in [-0.25, -0.2) is 9.07 Å². The lowest BCUT2D eigenvalue weighted by Crippen LogP contribution is -2.49. The molecule has 1 amide bonds. The molecule has 0 saturated carbocycles. The van der Waals surface area contributed by atoms with E-state index in [0.717, 1.165) is 32.7 Å². The minimum atomic E-state index is -0.352. The summed E-state index contributed by atoms with van der Waals surface area (Å²) in [6.45, 7) is 6.79. The Morgan fingerprint density at radius 1 is 1.28 bits per heavy atom. The van der Waals surface area contributed by atoms with Crippen LogP contribution in [-0.4, -0.2) is 63.4 Å². The van der Waals surface area contributed by atoms with Crippen LogP contribution in [0.2, 0.25) is 0 Å². The second-order valence-electron chi connectivity index (χ2n) is 5.97. The zero-order valence-corrected chi connectivity index (χ0v) is 14.3. The van der Waals surface area contributed by atoms with Gasteiger partial charge in [-0.3, -0.25) is 4.79 Å². The Balaban J connectivity index is 1.49. The highest BCUT2D eigenvalue weighted by molar-refractivity contribution is 5.76. The Kier molecular flexibility index (Phi) is 5.60. The van der Waals surface area contributed by atoms with Gasteiger partial charge in [0.2, 0.25) is 5.91 Å². The second kappa shape index (κ2) is 8.06. The van der Waals surface area contributed by atoms with Crippen LogP contribution in [0.25, 0.3) is 0 Å². The molecule has 1 aliphatic rings. The molecule has 0 bridgehead atoms. The van der Waals surface area contributed by atoms with Crippen LogP contribution in [-0.2, 0) is 17.9 Å². The summed E-state index contributed by atoms with van der Waals surface area (Å²) in [6, 6.07) is 5.92. The normalized spacial score (nSPS) is 15.4. The summed E-state index contributed by atoms with van der Waals surface area (Å²) in [7, 11) is 0. The molecule has 2 heterocycles. The SMILES string of the molecule is CCN1CCN(C(=O)Cn2cc(COc3cccc(F)c3)nn2)CC1. The van der Waals surface area contributed by atoms with Crippen molar-refractivity contribution in [2.45, 2.75) is 20.1 Å². The number of ether oxygens (including phenoxy) is 1. The quantitative estimate of drug-likeness (QED) is 0.785. The fraction of sp³-hybridized carbons (Fsp3) is 0.471. The Bertz CT molecular complexity index is 713. The van der Waals surface area contributed by atoms with Gasteiger partial charge in [-0.1, -0.05) is 18.2 Å². The molecule has 1 aromatic heterocycles. The maximum absolute atomic E-state index is 13.1. The van der Waals surface area contributed by atoms with Crippen LogP contribution in [0.15, 0.2) is 30.5 Å². The predicted molar refractivity (Wildman–Crippen MR) is 89.4 cm³/mol. The lowest BCUT2D eigenvalue weighted by molar-refractivity contribution is -0.133. The molecule has 1 aromatic carbocycles. The fourth-order valence-electron chi connectivity index (χ4n) is 2.75. The van der Waals surface area contributed by atoms with Gasteiger partial charge in [0.15, 0.2) is 0 Å². The van der Waals surface area contributed by atoms with E-state index >= 15 is 0 Å². The summed E-state index contributed by atoms with van der Waals surface area (Å²) < 4.78 is 20.1. The van der Waals surface area contributed by atoms with E-state index in [9.17, 15) is 9.18 Å². The molecule has 0 unspecified atom stereocenters. The molecule has 1 aliphatic heterocycles. The summed E-state index contributed by atoms with van der Waals surface area (Å²) in [5.41, 5.74) is 0.591. The van der Waals surface area contributed by atoms with Crippen molar-refractivity contribution in [1.29, 1.82) is 0 Å². The van der Waals surface area contributed by atoms with E-state index in [4.69, 9.17) is 4.74 Å². The molecule has 8 heteroatoms. The van der Waals surface area contributed by atoms with Gasteiger partial charge in [-0.15, -0.1) is 5.10 Å². The standard InChI is InChI=1S/C17H22FN5O2/c1-2-21-6-8-22(9-7-21)17(24)12-23-11-15(19-20-23)13-25-16-5-3-4-14(18)10-16/h3-5,10-11H,2,6-9,12-13H2,1H3. The van der Waals surface area contributed by atoms with E-state index in [0.29, 0.717) is 11.4 Å². The highest BCUT2D eigenvalue weighted by Crippen LogP contribution is 2.13. The number of carbonyl (C=O) groups excluding carboxylic acids is 1. The lowest BCUT2D eigenvalue weighted by Gasteiger charge is -2.33. The number of likely N-dealkylation sites (N-methyl/N-ethyl adjacent to an activating group) is 1. The van der Waals surface area contributed by atoms with Gasteiger partial charge in [0.25, 0.3) is 0 Å². The van der Waals surface area contributed by atoms with Crippen molar-refractivity contribution in [3.8, 4) is 5.75 Å². The smallest absolute Gasteiger partial charge is 0.244 e. The maximum atomic E-state index is 13.1. The number of rotatable bonds is 6. The average molecular weight is 347 g/mol.